The van der Waals surface area contributed by atoms with Gasteiger partial charge in [0.25, 0.3) is 5.91 Å². The maximum atomic E-state index is 12.4. The van der Waals surface area contributed by atoms with Crippen molar-refractivity contribution in [3.05, 3.63) is 17.7 Å². The zero-order chi connectivity index (χ0) is 15.6. The highest BCUT2D eigenvalue weighted by molar-refractivity contribution is 5.97. The fourth-order valence-corrected chi connectivity index (χ4v) is 2.80. The summed E-state index contributed by atoms with van der Waals surface area (Å²) < 4.78 is 0. The van der Waals surface area contributed by atoms with E-state index in [2.05, 4.69) is 29.1 Å². The molecule has 3 atom stereocenters. The van der Waals surface area contributed by atoms with Crippen LogP contribution in [-0.2, 0) is 0 Å². The van der Waals surface area contributed by atoms with Gasteiger partial charge in [-0.1, -0.05) is 27.7 Å². The molecule has 1 aromatic heterocycles. The number of anilines is 1. The van der Waals surface area contributed by atoms with Crippen molar-refractivity contribution in [2.45, 2.75) is 58.9 Å². The van der Waals surface area contributed by atoms with Crippen molar-refractivity contribution >= 4 is 11.6 Å². The van der Waals surface area contributed by atoms with E-state index in [1.807, 2.05) is 13.8 Å². The second-order valence-corrected chi connectivity index (χ2v) is 6.62. The minimum Gasteiger partial charge on any atom is -0.396 e. The molecule has 0 aromatic carbocycles. The fraction of sp³-hybridized carbons (Fsp3) is 0.688. The van der Waals surface area contributed by atoms with Crippen molar-refractivity contribution in [3.63, 3.8) is 0 Å². The molecule has 1 aliphatic rings. The Hall–Kier alpha value is -1.65. The largest absolute Gasteiger partial charge is 0.396 e. The van der Waals surface area contributed by atoms with E-state index in [0.717, 1.165) is 25.2 Å². The molecular formula is C16H26N4O. The summed E-state index contributed by atoms with van der Waals surface area (Å²) >= 11 is 0. The number of amides is 1. The van der Waals surface area contributed by atoms with Crippen LogP contribution in [0.3, 0.4) is 0 Å². The van der Waals surface area contributed by atoms with Crippen molar-refractivity contribution < 1.29 is 4.79 Å². The maximum Gasteiger partial charge on any atom is 0.272 e. The number of hydrogen-bond acceptors (Lipinski definition) is 4. The smallest absolute Gasteiger partial charge is 0.272 e. The van der Waals surface area contributed by atoms with Crippen molar-refractivity contribution in [1.29, 1.82) is 0 Å². The van der Waals surface area contributed by atoms with Crippen LogP contribution in [0.5, 0.6) is 0 Å². The molecule has 21 heavy (non-hydrogen) atoms. The highest BCUT2D eigenvalue weighted by Crippen LogP contribution is 2.29. The third-order valence-electron chi connectivity index (χ3n) is 4.50. The molecule has 0 bridgehead atoms. The molecule has 0 spiro atoms. The predicted octanol–water partition coefficient (Wildman–Crippen LogP) is 2.74. The number of nitrogens with zero attached hydrogens (tertiary/aromatic N) is 2. The van der Waals surface area contributed by atoms with Crippen molar-refractivity contribution in [1.82, 2.24) is 15.3 Å². The average molecular weight is 290 g/mol. The number of nitrogens with two attached hydrogens (primary N) is 1. The zero-order valence-electron chi connectivity index (χ0n) is 13.4. The molecule has 1 saturated carbocycles. The summed E-state index contributed by atoms with van der Waals surface area (Å²) in [6, 6.07) is 0.223. The summed E-state index contributed by atoms with van der Waals surface area (Å²) in [4.78, 5) is 20.9. The molecule has 3 unspecified atom stereocenters. The van der Waals surface area contributed by atoms with E-state index in [1.54, 1.807) is 0 Å². The van der Waals surface area contributed by atoms with Gasteiger partial charge in [-0.3, -0.25) is 4.79 Å². The first-order chi connectivity index (χ1) is 9.88. The molecule has 116 valence electrons. The Kier molecular flexibility index (Phi) is 4.80. The monoisotopic (exact) mass is 290 g/mol. The van der Waals surface area contributed by atoms with Gasteiger partial charge in [0, 0.05) is 12.0 Å². The van der Waals surface area contributed by atoms with Crippen LogP contribution in [0.4, 0.5) is 5.69 Å². The van der Waals surface area contributed by atoms with Gasteiger partial charge >= 0.3 is 0 Å². The van der Waals surface area contributed by atoms with Crippen LogP contribution >= 0.6 is 0 Å². The van der Waals surface area contributed by atoms with Crippen molar-refractivity contribution in [2.24, 2.45) is 11.8 Å². The van der Waals surface area contributed by atoms with E-state index in [1.165, 1.54) is 6.20 Å². The second-order valence-electron chi connectivity index (χ2n) is 6.62. The maximum absolute atomic E-state index is 12.4. The Bertz CT molecular complexity index is 515. The minimum atomic E-state index is -0.177. The Morgan fingerprint density at radius 3 is 2.67 bits per heavy atom. The molecule has 1 amide bonds. The Morgan fingerprint density at radius 1 is 1.33 bits per heavy atom. The van der Waals surface area contributed by atoms with Crippen LogP contribution in [0, 0.1) is 11.8 Å². The standard InChI is InChI=1S/C16H26N4O/c1-9(2)15-18-8-13(17)14(20-15)16(21)19-12-6-5-10(3)11(4)7-12/h8-12H,5-7,17H2,1-4H3,(H,19,21). The molecule has 3 N–H and O–H groups in total. The van der Waals surface area contributed by atoms with Gasteiger partial charge in [-0.2, -0.15) is 0 Å². The molecule has 1 aromatic rings. The Labute approximate surface area is 126 Å². The number of aromatic nitrogens is 2. The van der Waals surface area contributed by atoms with Gasteiger partial charge in [-0.15, -0.1) is 0 Å². The summed E-state index contributed by atoms with van der Waals surface area (Å²) in [5.41, 5.74) is 6.51. The molecule has 2 rings (SSSR count). The van der Waals surface area contributed by atoms with Gasteiger partial charge < -0.3 is 11.1 Å². The van der Waals surface area contributed by atoms with Gasteiger partial charge in [0.1, 0.15) is 5.82 Å². The van der Waals surface area contributed by atoms with Crippen LogP contribution < -0.4 is 11.1 Å². The van der Waals surface area contributed by atoms with Crippen LogP contribution in [0.15, 0.2) is 6.20 Å². The van der Waals surface area contributed by atoms with Crippen LogP contribution in [0.25, 0.3) is 0 Å². The number of nitrogen functional groups attached to an aromatic ring is 1. The highest BCUT2D eigenvalue weighted by atomic mass is 16.2. The van der Waals surface area contributed by atoms with Gasteiger partial charge in [-0.25, -0.2) is 9.97 Å². The van der Waals surface area contributed by atoms with E-state index in [9.17, 15) is 4.79 Å². The molecule has 0 radical (unpaired) electrons. The molecular weight excluding hydrogens is 264 g/mol. The second kappa shape index (κ2) is 6.41. The van der Waals surface area contributed by atoms with E-state index in [4.69, 9.17) is 5.73 Å². The van der Waals surface area contributed by atoms with Crippen LogP contribution in [0.1, 0.15) is 69.2 Å². The predicted molar refractivity (Wildman–Crippen MR) is 84.0 cm³/mol. The third-order valence-corrected chi connectivity index (χ3v) is 4.50. The van der Waals surface area contributed by atoms with Gasteiger partial charge in [0.2, 0.25) is 0 Å². The van der Waals surface area contributed by atoms with Crippen molar-refractivity contribution in [2.75, 3.05) is 5.73 Å². The van der Waals surface area contributed by atoms with Crippen LogP contribution in [0.2, 0.25) is 0 Å². The van der Waals surface area contributed by atoms with Crippen molar-refractivity contribution in [3.8, 4) is 0 Å². The minimum absolute atomic E-state index is 0.174. The lowest BCUT2D eigenvalue weighted by Gasteiger charge is -2.32. The molecule has 5 heteroatoms. The topological polar surface area (TPSA) is 80.9 Å². The lowest BCUT2D eigenvalue weighted by molar-refractivity contribution is 0.0906. The SMILES string of the molecule is CC(C)c1ncc(N)c(C(=O)NC2CCC(C)C(C)C2)n1. The Morgan fingerprint density at radius 2 is 2.05 bits per heavy atom. The lowest BCUT2D eigenvalue weighted by Crippen LogP contribution is -2.40. The lowest BCUT2D eigenvalue weighted by atomic mass is 9.79. The number of carbonyl (C=O) groups excluding carboxylic acids is 1. The normalized spacial score (nSPS) is 25.9. The van der Waals surface area contributed by atoms with E-state index in [-0.39, 0.29) is 17.9 Å². The number of nitrogens with one attached hydrogen (secondary N) is 1. The molecule has 0 aliphatic heterocycles. The van der Waals surface area contributed by atoms with Gasteiger partial charge in [0.05, 0.1) is 11.9 Å². The third kappa shape index (κ3) is 3.71. The number of carbonyl (C=O) groups is 1. The summed E-state index contributed by atoms with van der Waals surface area (Å²) in [6.45, 7) is 8.52. The quantitative estimate of drug-likeness (QED) is 0.897. The summed E-state index contributed by atoms with van der Waals surface area (Å²) in [5, 5.41) is 3.08. The summed E-state index contributed by atoms with van der Waals surface area (Å²) in [6.07, 6.45) is 4.74. The summed E-state index contributed by atoms with van der Waals surface area (Å²) in [7, 11) is 0. The average Bonchev–Trinajstić information content (AvgIpc) is 2.43. The zero-order valence-corrected chi connectivity index (χ0v) is 13.4. The van der Waals surface area contributed by atoms with Gasteiger partial charge in [-0.05, 0) is 31.1 Å². The van der Waals surface area contributed by atoms with Gasteiger partial charge in [0.15, 0.2) is 5.69 Å². The first kappa shape index (κ1) is 15.7. The van der Waals surface area contributed by atoms with E-state index in [0.29, 0.717) is 23.1 Å². The highest BCUT2D eigenvalue weighted by Gasteiger charge is 2.26. The fourth-order valence-electron chi connectivity index (χ4n) is 2.80. The number of rotatable bonds is 3. The van der Waals surface area contributed by atoms with E-state index >= 15 is 0 Å². The Balaban J connectivity index is 2.08. The first-order valence-corrected chi connectivity index (χ1v) is 7.81. The van der Waals surface area contributed by atoms with Crippen LogP contribution in [-0.4, -0.2) is 21.9 Å². The molecule has 5 nitrogen and oxygen atoms in total. The molecule has 1 aliphatic carbocycles. The molecule has 1 fully saturated rings. The summed E-state index contributed by atoms with van der Waals surface area (Å²) in [5.74, 6) is 2.02. The van der Waals surface area contributed by atoms with E-state index < -0.39 is 0 Å². The molecule has 0 saturated heterocycles. The first-order valence-electron chi connectivity index (χ1n) is 7.81. The number of hydrogen-bond donors (Lipinski definition) is 2. The molecule has 1 heterocycles.